The molecular weight excluding hydrogens is 168 g/mol. The average molecular weight is 176 g/mol. The summed E-state index contributed by atoms with van der Waals surface area (Å²) in [6, 6.07) is 1.64. The molecule has 1 aliphatic heterocycles. The van der Waals surface area contributed by atoms with Crippen molar-refractivity contribution in [3.8, 4) is 0 Å². The number of nitrogens with zero attached hydrogens (tertiary/aromatic N) is 3. The van der Waals surface area contributed by atoms with Crippen molar-refractivity contribution < 1.29 is 0 Å². The fourth-order valence-corrected chi connectivity index (χ4v) is 1.15. The molecule has 5 nitrogen and oxygen atoms in total. The van der Waals surface area contributed by atoms with Gasteiger partial charge in [0, 0.05) is 12.4 Å². The summed E-state index contributed by atoms with van der Waals surface area (Å²) in [6.07, 6.45) is 5.86. The third kappa shape index (κ3) is 1.69. The van der Waals surface area contributed by atoms with Gasteiger partial charge in [-0.2, -0.15) is 15.2 Å². The van der Waals surface area contributed by atoms with Crippen LogP contribution >= 0.6 is 0 Å². The van der Waals surface area contributed by atoms with Crippen molar-refractivity contribution in [3.63, 3.8) is 0 Å². The smallest absolute Gasteiger partial charge is 0.313 e. The van der Waals surface area contributed by atoms with Crippen LogP contribution in [0.5, 0.6) is 0 Å². The van der Waals surface area contributed by atoms with E-state index >= 15 is 0 Å². The highest BCUT2D eigenvalue weighted by molar-refractivity contribution is 5.08. The topological polar surface area (TPSA) is 70.5 Å². The van der Waals surface area contributed by atoms with E-state index in [1.165, 1.54) is 0 Å². The van der Waals surface area contributed by atoms with E-state index in [4.69, 9.17) is 0 Å². The fraction of sp³-hybridized carbons (Fsp3) is 0.250. The second-order valence-electron chi connectivity index (χ2n) is 2.69. The molecular formula is C8H8N4O. The number of rotatable bonds is 1. The molecule has 0 bridgehead atoms. The molecule has 1 aliphatic rings. The molecule has 1 aromatic rings. The molecule has 1 aromatic heterocycles. The first-order chi connectivity index (χ1) is 6.36. The fourth-order valence-electron chi connectivity index (χ4n) is 1.15. The quantitative estimate of drug-likeness (QED) is 0.697. The Bertz CT molecular complexity index is 407. The summed E-state index contributed by atoms with van der Waals surface area (Å²) < 4.78 is 0. The largest absolute Gasteiger partial charge is 0.345 e. The van der Waals surface area contributed by atoms with Gasteiger partial charge in [0.25, 0.3) is 0 Å². The summed E-state index contributed by atoms with van der Waals surface area (Å²) in [5.41, 5.74) is 0.319. The molecule has 0 saturated heterocycles. The van der Waals surface area contributed by atoms with E-state index in [1.807, 2.05) is 6.08 Å². The number of azo groups is 1. The molecule has 1 atom stereocenters. The predicted octanol–water partition coefficient (Wildman–Crippen LogP) is 1.18. The lowest BCUT2D eigenvalue weighted by Crippen LogP contribution is -2.13. The minimum absolute atomic E-state index is 0.104. The molecule has 13 heavy (non-hydrogen) atoms. The maximum absolute atomic E-state index is 10.9. The van der Waals surface area contributed by atoms with Gasteiger partial charge in [-0.05, 0) is 12.5 Å². The summed E-state index contributed by atoms with van der Waals surface area (Å²) in [5, 5.41) is 7.72. The van der Waals surface area contributed by atoms with E-state index in [0.717, 1.165) is 6.42 Å². The van der Waals surface area contributed by atoms with Crippen LogP contribution in [0.25, 0.3) is 0 Å². The standard InChI is InChI=1S/C8H8N4O/c13-8-9-5-3-6(11-8)7-2-1-4-10-12-7/h1,3-5,7H,2H2,(H,9,11,13). The molecule has 2 rings (SSSR count). The first-order valence-electron chi connectivity index (χ1n) is 3.97. The van der Waals surface area contributed by atoms with Crippen LogP contribution in [0.4, 0.5) is 0 Å². The molecule has 0 saturated carbocycles. The van der Waals surface area contributed by atoms with Gasteiger partial charge in [-0.1, -0.05) is 6.08 Å². The lowest BCUT2D eigenvalue weighted by Gasteiger charge is -2.08. The third-order valence-electron chi connectivity index (χ3n) is 1.77. The maximum atomic E-state index is 10.9. The normalized spacial score (nSPS) is 20.5. The SMILES string of the molecule is O=c1nc(C2CC=CN=N2)cc[nH]1. The lowest BCUT2D eigenvalue weighted by atomic mass is 10.1. The van der Waals surface area contributed by atoms with Crippen LogP contribution in [0, 0.1) is 0 Å². The summed E-state index contributed by atoms with van der Waals surface area (Å²) in [7, 11) is 0. The Balaban J connectivity index is 2.30. The van der Waals surface area contributed by atoms with Gasteiger partial charge in [-0.3, -0.25) is 0 Å². The second kappa shape index (κ2) is 3.30. The van der Waals surface area contributed by atoms with Gasteiger partial charge in [-0.15, -0.1) is 0 Å². The molecule has 0 aliphatic carbocycles. The van der Waals surface area contributed by atoms with Gasteiger partial charge < -0.3 is 4.98 Å². The highest BCUT2D eigenvalue weighted by Crippen LogP contribution is 2.21. The lowest BCUT2D eigenvalue weighted by molar-refractivity contribution is 0.651. The Morgan fingerprint density at radius 2 is 2.46 bits per heavy atom. The third-order valence-corrected chi connectivity index (χ3v) is 1.77. The number of nitrogens with one attached hydrogen (secondary N) is 1. The molecule has 0 aromatic carbocycles. The number of hydrogen-bond donors (Lipinski definition) is 1. The van der Waals surface area contributed by atoms with Crippen molar-refractivity contribution in [2.75, 3.05) is 0 Å². The van der Waals surface area contributed by atoms with Crippen molar-refractivity contribution in [2.24, 2.45) is 10.2 Å². The van der Waals surface area contributed by atoms with Crippen LogP contribution in [-0.4, -0.2) is 9.97 Å². The summed E-state index contributed by atoms with van der Waals surface area (Å²) in [4.78, 5) is 17.1. The first-order valence-corrected chi connectivity index (χ1v) is 3.97. The number of H-pyrrole nitrogens is 1. The second-order valence-corrected chi connectivity index (χ2v) is 2.69. The minimum atomic E-state index is -0.345. The molecule has 0 radical (unpaired) electrons. The predicted molar refractivity (Wildman–Crippen MR) is 46.2 cm³/mol. The number of aromatic nitrogens is 2. The number of aromatic amines is 1. The maximum Gasteiger partial charge on any atom is 0.345 e. The Labute approximate surface area is 74.2 Å². The highest BCUT2D eigenvalue weighted by atomic mass is 16.1. The molecule has 1 N–H and O–H groups in total. The zero-order valence-electron chi connectivity index (χ0n) is 6.84. The monoisotopic (exact) mass is 176 g/mol. The van der Waals surface area contributed by atoms with Crippen LogP contribution in [0.15, 0.2) is 39.6 Å². The highest BCUT2D eigenvalue weighted by Gasteiger charge is 2.11. The molecule has 5 heteroatoms. The summed E-state index contributed by atoms with van der Waals surface area (Å²) >= 11 is 0. The van der Waals surface area contributed by atoms with Gasteiger partial charge in [0.15, 0.2) is 0 Å². The minimum Gasteiger partial charge on any atom is -0.313 e. The van der Waals surface area contributed by atoms with Gasteiger partial charge in [0.2, 0.25) is 0 Å². The van der Waals surface area contributed by atoms with E-state index in [2.05, 4.69) is 20.2 Å². The molecule has 66 valence electrons. The van der Waals surface area contributed by atoms with Crippen molar-refractivity contribution >= 4 is 0 Å². The van der Waals surface area contributed by atoms with Gasteiger partial charge in [-0.25, -0.2) is 4.79 Å². The van der Waals surface area contributed by atoms with Crippen LogP contribution in [0.3, 0.4) is 0 Å². The molecule has 0 amide bonds. The molecule has 2 heterocycles. The van der Waals surface area contributed by atoms with Crippen LogP contribution in [0.2, 0.25) is 0 Å². The first kappa shape index (κ1) is 7.85. The van der Waals surface area contributed by atoms with Gasteiger partial charge in [0.1, 0.15) is 6.04 Å². The van der Waals surface area contributed by atoms with Crippen molar-refractivity contribution in [1.29, 1.82) is 0 Å². The Morgan fingerprint density at radius 1 is 1.54 bits per heavy atom. The van der Waals surface area contributed by atoms with Crippen molar-refractivity contribution in [1.82, 2.24) is 9.97 Å². The summed E-state index contributed by atoms with van der Waals surface area (Å²) in [5.74, 6) is 0. The van der Waals surface area contributed by atoms with E-state index in [1.54, 1.807) is 18.5 Å². The van der Waals surface area contributed by atoms with Gasteiger partial charge >= 0.3 is 5.69 Å². The Morgan fingerprint density at radius 3 is 3.15 bits per heavy atom. The molecule has 1 unspecified atom stereocenters. The Hall–Kier alpha value is -1.78. The van der Waals surface area contributed by atoms with E-state index < -0.39 is 0 Å². The van der Waals surface area contributed by atoms with Crippen LogP contribution < -0.4 is 5.69 Å². The van der Waals surface area contributed by atoms with Crippen LogP contribution in [0.1, 0.15) is 18.2 Å². The Kier molecular flexibility index (Phi) is 1.99. The van der Waals surface area contributed by atoms with Crippen LogP contribution in [-0.2, 0) is 0 Å². The zero-order chi connectivity index (χ0) is 9.10. The average Bonchev–Trinajstić information content (AvgIpc) is 2.19. The zero-order valence-corrected chi connectivity index (χ0v) is 6.84. The number of hydrogen-bond acceptors (Lipinski definition) is 4. The molecule has 0 fully saturated rings. The van der Waals surface area contributed by atoms with Crippen molar-refractivity contribution in [2.45, 2.75) is 12.5 Å². The van der Waals surface area contributed by atoms with Gasteiger partial charge in [0.05, 0.1) is 5.69 Å². The molecule has 0 spiro atoms. The van der Waals surface area contributed by atoms with E-state index in [0.29, 0.717) is 5.69 Å². The van der Waals surface area contributed by atoms with Crippen molar-refractivity contribution in [3.05, 3.63) is 40.7 Å². The van der Waals surface area contributed by atoms with E-state index in [-0.39, 0.29) is 11.7 Å². The van der Waals surface area contributed by atoms with E-state index in [9.17, 15) is 4.79 Å². The summed E-state index contributed by atoms with van der Waals surface area (Å²) in [6.45, 7) is 0.